The van der Waals surface area contributed by atoms with Crippen LogP contribution >= 0.6 is 0 Å². The van der Waals surface area contributed by atoms with E-state index in [1.165, 1.54) is 0 Å². The van der Waals surface area contributed by atoms with E-state index >= 15 is 0 Å². The van der Waals surface area contributed by atoms with Gasteiger partial charge >= 0.3 is 0 Å². The molecule has 0 unspecified atom stereocenters. The molecule has 5 heteroatoms. The van der Waals surface area contributed by atoms with E-state index in [4.69, 9.17) is 0 Å². The van der Waals surface area contributed by atoms with Crippen LogP contribution in [-0.4, -0.2) is 11.0 Å². The Balaban J connectivity index is 2.39. The lowest BCUT2D eigenvalue weighted by molar-refractivity contribution is -0.116. The van der Waals surface area contributed by atoms with Crippen LogP contribution in [0, 0.1) is 4.91 Å². The monoisotopic (exact) mass is 216 g/mol. The molecule has 1 heterocycles. The summed E-state index contributed by atoms with van der Waals surface area (Å²) in [5.74, 6) is -1.10. The fraction of sp³-hybridized carbons (Fsp3) is 0. The number of nitrogens with zero attached hydrogens (tertiary/aromatic N) is 1. The van der Waals surface area contributed by atoms with E-state index < -0.39 is 17.4 Å². The van der Waals surface area contributed by atoms with E-state index in [2.05, 4.69) is 10.5 Å². The van der Waals surface area contributed by atoms with Gasteiger partial charge in [-0.1, -0.05) is 30.3 Å². The third kappa shape index (κ3) is 1.70. The van der Waals surface area contributed by atoms with Crippen molar-refractivity contribution in [2.45, 2.75) is 0 Å². The molecule has 0 saturated carbocycles. The molecule has 1 aliphatic rings. The predicted octanol–water partition coefficient (Wildman–Crippen LogP) is 1.69. The fourth-order valence-electron chi connectivity index (χ4n) is 1.38. The molecule has 5 nitrogen and oxygen atoms in total. The molecular formula is C11H8N2O3. The van der Waals surface area contributed by atoms with Gasteiger partial charge in [-0.2, -0.15) is 0 Å². The molecule has 1 aromatic rings. The van der Waals surface area contributed by atoms with Crippen LogP contribution in [0.2, 0.25) is 0 Å². The topological polar surface area (TPSA) is 78.8 Å². The van der Waals surface area contributed by atoms with Crippen molar-refractivity contribution < 1.29 is 9.90 Å². The van der Waals surface area contributed by atoms with Crippen LogP contribution in [0.25, 0.3) is 6.08 Å². The minimum absolute atomic E-state index is 0.186. The Kier molecular flexibility index (Phi) is 2.51. The van der Waals surface area contributed by atoms with Gasteiger partial charge in [-0.25, -0.2) is 0 Å². The summed E-state index contributed by atoms with van der Waals surface area (Å²) in [4.78, 5) is 21.4. The van der Waals surface area contributed by atoms with Crippen molar-refractivity contribution in [3.05, 3.63) is 58.0 Å². The normalized spacial score (nSPS) is 17.8. The highest BCUT2D eigenvalue weighted by Gasteiger charge is 2.28. The zero-order valence-corrected chi connectivity index (χ0v) is 8.18. The van der Waals surface area contributed by atoms with E-state index in [9.17, 15) is 14.8 Å². The first-order chi connectivity index (χ1) is 7.72. The van der Waals surface area contributed by atoms with Crippen molar-refractivity contribution in [3.63, 3.8) is 0 Å². The zero-order chi connectivity index (χ0) is 11.5. The lowest BCUT2D eigenvalue weighted by Gasteiger charge is -1.98. The van der Waals surface area contributed by atoms with Crippen LogP contribution in [0.5, 0.6) is 0 Å². The van der Waals surface area contributed by atoms with Crippen molar-refractivity contribution in [2.24, 2.45) is 5.18 Å². The molecule has 0 fully saturated rings. The number of aliphatic hydroxyl groups excluding tert-OH is 1. The van der Waals surface area contributed by atoms with Gasteiger partial charge in [0.15, 0.2) is 5.76 Å². The first kappa shape index (κ1) is 10.1. The van der Waals surface area contributed by atoms with Gasteiger partial charge in [-0.3, -0.25) is 4.79 Å². The quantitative estimate of drug-likeness (QED) is 0.738. The van der Waals surface area contributed by atoms with Gasteiger partial charge in [0.2, 0.25) is 5.70 Å². The molecular weight excluding hydrogens is 208 g/mol. The van der Waals surface area contributed by atoms with Crippen LogP contribution in [0.15, 0.2) is 52.7 Å². The van der Waals surface area contributed by atoms with Crippen molar-refractivity contribution in [1.29, 1.82) is 0 Å². The SMILES string of the molecule is O=NC1=C(O)/C(=C/c2ccccc2)NC1=O. The second-order valence-corrected chi connectivity index (χ2v) is 3.21. The second-order valence-electron chi connectivity index (χ2n) is 3.21. The minimum atomic E-state index is -0.685. The molecule has 0 bridgehead atoms. The first-order valence-electron chi connectivity index (χ1n) is 4.57. The molecule has 2 rings (SSSR count). The zero-order valence-electron chi connectivity index (χ0n) is 8.18. The van der Waals surface area contributed by atoms with Crippen molar-refractivity contribution in [3.8, 4) is 0 Å². The van der Waals surface area contributed by atoms with Gasteiger partial charge < -0.3 is 10.4 Å². The predicted molar refractivity (Wildman–Crippen MR) is 58.0 cm³/mol. The maximum atomic E-state index is 11.2. The minimum Gasteiger partial charge on any atom is -0.504 e. The molecule has 2 N–H and O–H groups in total. The maximum Gasteiger partial charge on any atom is 0.281 e. The number of amides is 1. The fourth-order valence-corrected chi connectivity index (χ4v) is 1.38. The van der Waals surface area contributed by atoms with Crippen molar-refractivity contribution in [1.82, 2.24) is 5.32 Å². The second kappa shape index (κ2) is 3.98. The molecule has 1 aliphatic heterocycles. The smallest absolute Gasteiger partial charge is 0.281 e. The Morgan fingerprint density at radius 1 is 1.25 bits per heavy atom. The third-order valence-electron chi connectivity index (χ3n) is 2.14. The molecule has 16 heavy (non-hydrogen) atoms. The summed E-state index contributed by atoms with van der Waals surface area (Å²) in [6, 6.07) is 9.10. The van der Waals surface area contributed by atoms with Gasteiger partial charge in [-0.15, -0.1) is 4.91 Å². The van der Waals surface area contributed by atoms with Crippen LogP contribution in [0.1, 0.15) is 5.56 Å². The summed E-state index contributed by atoms with van der Waals surface area (Å²) in [5.41, 5.74) is 0.504. The number of carbonyl (C=O) groups excluding carboxylic acids is 1. The summed E-state index contributed by atoms with van der Waals surface area (Å²) in [6.07, 6.45) is 1.56. The van der Waals surface area contributed by atoms with Gasteiger partial charge in [0.1, 0.15) is 0 Å². The Morgan fingerprint density at radius 2 is 1.94 bits per heavy atom. The van der Waals surface area contributed by atoms with E-state index in [0.717, 1.165) is 5.56 Å². The van der Waals surface area contributed by atoms with Crippen LogP contribution < -0.4 is 5.32 Å². The Hall–Kier alpha value is -2.43. The summed E-state index contributed by atoms with van der Waals surface area (Å²) in [6.45, 7) is 0. The first-order valence-corrected chi connectivity index (χ1v) is 4.57. The van der Waals surface area contributed by atoms with E-state index in [1.807, 2.05) is 18.2 Å². The number of rotatable bonds is 2. The summed E-state index contributed by atoms with van der Waals surface area (Å²) < 4.78 is 0. The average Bonchev–Trinajstić information content (AvgIpc) is 2.55. The lowest BCUT2D eigenvalue weighted by atomic mass is 10.2. The summed E-state index contributed by atoms with van der Waals surface area (Å²) in [7, 11) is 0. The van der Waals surface area contributed by atoms with Crippen LogP contribution in [-0.2, 0) is 4.79 Å². The van der Waals surface area contributed by atoms with Crippen molar-refractivity contribution >= 4 is 12.0 Å². The van der Waals surface area contributed by atoms with Crippen LogP contribution in [0.4, 0.5) is 0 Å². The number of carbonyl (C=O) groups is 1. The highest BCUT2D eigenvalue weighted by atomic mass is 16.3. The molecule has 0 spiro atoms. The molecule has 1 amide bonds. The average molecular weight is 216 g/mol. The van der Waals surface area contributed by atoms with Crippen molar-refractivity contribution in [2.75, 3.05) is 0 Å². The molecule has 0 radical (unpaired) electrons. The summed E-state index contributed by atoms with van der Waals surface area (Å²) >= 11 is 0. The number of benzene rings is 1. The number of hydrogen-bond acceptors (Lipinski definition) is 4. The number of hydrogen-bond donors (Lipinski definition) is 2. The molecule has 0 atom stereocenters. The van der Waals surface area contributed by atoms with Gasteiger partial charge in [0.05, 0.1) is 5.70 Å². The third-order valence-corrected chi connectivity index (χ3v) is 2.14. The molecule has 1 aromatic carbocycles. The van der Waals surface area contributed by atoms with E-state index in [-0.39, 0.29) is 5.70 Å². The molecule has 0 aromatic heterocycles. The molecule has 0 aliphatic carbocycles. The van der Waals surface area contributed by atoms with Gasteiger partial charge in [-0.05, 0) is 16.8 Å². The highest BCUT2D eigenvalue weighted by molar-refractivity contribution is 6.00. The number of aliphatic hydroxyl groups is 1. The van der Waals surface area contributed by atoms with E-state index in [1.54, 1.807) is 18.2 Å². The standard InChI is InChI=1S/C11H8N2O3/c14-10-8(12-11(15)9(10)13-16)6-7-4-2-1-3-5-7/h1-6,14H,(H,12,15)/b8-6-. The Labute approximate surface area is 91.1 Å². The maximum absolute atomic E-state index is 11.2. The Morgan fingerprint density at radius 3 is 2.50 bits per heavy atom. The lowest BCUT2D eigenvalue weighted by Crippen LogP contribution is -2.15. The van der Waals surface area contributed by atoms with Gasteiger partial charge in [0, 0.05) is 0 Å². The van der Waals surface area contributed by atoms with Crippen LogP contribution in [0.3, 0.4) is 0 Å². The summed E-state index contributed by atoms with van der Waals surface area (Å²) in [5, 5.41) is 14.3. The highest BCUT2D eigenvalue weighted by Crippen LogP contribution is 2.20. The van der Waals surface area contributed by atoms with E-state index in [0.29, 0.717) is 0 Å². The molecule has 0 saturated heterocycles. The Bertz CT molecular complexity index is 503. The number of nitrogens with one attached hydrogen (secondary N) is 1. The number of nitroso groups, excluding NO2 is 1. The largest absolute Gasteiger partial charge is 0.504 e. The van der Waals surface area contributed by atoms with Gasteiger partial charge in [0.25, 0.3) is 5.91 Å². The molecule has 80 valence electrons.